The van der Waals surface area contributed by atoms with E-state index in [4.69, 9.17) is 5.73 Å². The summed E-state index contributed by atoms with van der Waals surface area (Å²) in [5.74, 6) is -17.9. The normalized spacial score (nSPS) is 24.3. The minimum absolute atomic E-state index is 0.0145. The number of nitrogens with zero attached hydrogens (tertiary/aromatic N) is 4. The van der Waals surface area contributed by atoms with E-state index >= 15 is 9.59 Å². The monoisotopic (exact) mass is 1480 g/mol. The van der Waals surface area contributed by atoms with Crippen molar-refractivity contribution in [3.63, 3.8) is 0 Å². The first-order chi connectivity index (χ1) is 48.9. The Labute approximate surface area is 599 Å². The van der Waals surface area contributed by atoms with E-state index in [9.17, 15) is 77.6 Å². The Bertz CT molecular complexity index is 3680. The molecule has 0 unspecified atom stereocenters. The molecular formula is C64H91N19O18S2. The number of benzene rings is 1. The molecule has 3 aromatic heterocycles. The van der Waals surface area contributed by atoms with E-state index in [0.29, 0.717) is 16.5 Å². The molecular weight excluding hydrogens is 1390 g/mol. The number of aliphatic carboxylic acids is 2. The van der Waals surface area contributed by atoms with Gasteiger partial charge >= 0.3 is 11.9 Å². The van der Waals surface area contributed by atoms with Crippen LogP contribution >= 0.6 is 21.6 Å². The number of primary amides is 1. The van der Waals surface area contributed by atoms with Crippen LogP contribution in [0.5, 0.6) is 0 Å². The van der Waals surface area contributed by atoms with Crippen molar-refractivity contribution in [3.8, 4) is 0 Å². The molecule has 4 aromatic rings. The number of hydrogen-bond donors (Lipinski definition) is 18. The van der Waals surface area contributed by atoms with Gasteiger partial charge in [0, 0.05) is 72.7 Å². The summed E-state index contributed by atoms with van der Waals surface area (Å²) in [6.45, 7) is 8.01. The highest BCUT2D eigenvalue weighted by molar-refractivity contribution is 8.76. The molecule has 5 heterocycles. The number of aromatic amines is 2. The summed E-state index contributed by atoms with van der Waals surface area (Å²) >= 11 is 0. The minimum atomic E-state index is -1.72. The highest BCUT2D eigenvalue weighted by Gasteiger charge is 2.38. The van der Waals surface area contributed by atoms with Crippen LogP contribution in [0.15, 0.2) is 49.2 Å². The maximum Gasteiger partial charge on any atom is 0.304 e. The number of hydrogen-bond acceptors (Lipinski definition) is 21. The topological polar surface area (TPSA) is 562 Å². The number of carboxylic acids is 2. The third kappa shape index (κ3) is 26.0. The molecule has 562 valence electrons. The zero-order valence-electron chi connectivity index (χ0n) is 57.7. The first-order valence-corrected chi connectivity index (χ1v) is 36.1. The van der Waals surface area contributed by atoms with Crippen molar-refractivity contribution < 1.29 is 87.2 Å². The largest absolute Gasteiger partial charge is 0.481 e. The maximum atomic E-state index is 15.2. The number of para-hydroxylation sites is 1. The molecule has 0 spiro atoms. The Morgan fingerprint density at radius 1 is 0.699 bits per heavy atom. The molecule has 0 radical (unpaired) electrons. The molecule has 0 saturated carbocycles. The molecule has 6 rings (SSSR count). The standard InChI is InChI=1S/C64H91N19O18S2/c1-7-11-40-57(94)74-41-14-10-19-83-27-36(81-82-83)15-16-43(60(97)77-46(23-37-25-66-30-69-37)62(99)75-44(20-31(2)3)56(93)68-26-49(85)71-42(59(96)73-40)17-18-50(86)87)72-55(92)33(5)70-63(100)47(78-54(91)32(4)21-51(88)89)28-102-103-29-48(64(101)80-52(34(6)84)53(65)90)79-61(98)45(76-58(41)95)22-35-24-67-39-13-9-8-12-38(35)39/h8-9,12-13,24-25,27,30-34,40-48,52,67,84H,7,10-11,14-23,26,28-29H2,1-6H3,(H2,65,90)(H,66,69)(H,68,93)(H,70,100)(H,71,85)(H,72,92)(H,73,96)(H,74,94)(H,75,99)(H,76,95)(H,77,97)(H,78,91)(H,79,98)(H,80,101)(H,86,87)(H,88,89)/t32-,33-,34+,40-,41-,42-,43-,44-,45-,46-,47-,48-,52-/m0/s1. The first-order valence-electron chi connectivity index (χ1n) is 33.6. The highest BCUT2D eigenvalue weighted by atomic mass is 33.1. The summed E-state index contributed by atoms with van der Waals surface area (Å²) in [6, 6.07) is -10.4. The van der Waals surface area contributed by atoms with E-state index in [1.807, 2.05) is 0 Å². The lowest BCUT2D eigenvalue weighted by Crippen LogP contribution is -2.61. The third-order valence-electron chi connectivity index (χ3n) is 16.6. The molecule has 13 amide bonds. The van der Waals surface area contributed by atoms with Gasteiger partial charge in [0.15, 0.2) is 0 Å². The van der Waals surface area contributed by atoms with Gasteiger partial charge in [-0.05, 0) is 76.3 Å². The van der Waals surface area contributed by atoms with Gasteiger partial charge in [0.2, 0.25) is 76.8 Å². The van der Waals surface area contributed by atoms with Gasteiger partial charge in [-0.2, -0.15) is 0 Å². The van der Waals surface area contributed by atoms with Gasteiger partial charge in [0.25, 0.3) is 0 Å². The second-order valence-electron chi connectivity index (χ2n) is 25.6. The molecule has 0 saturated heterocycles. The summed E-state index contributed by atoms with van der Waals surface area (Å²) in [5, 5.41) is 69.7. The number of aromatic nitrogens is 6. The Morgan fingerprint density at radius 2 is 1.33 bits per heavy atom. The average molecular weight is 1480 g/mol. The van der Waals surface area contributed by atoms with Gasteiger partial charge in [0.05, 0.1) is 36.8 Å². The van der Waals surface area contributed by atoms with Crippen molar-refractivity contribution in [2.45, 2.75) is 198 Å². The Kier molecular flexibility index (Phi) is 31.7. The van der Waals surface area contributed by atoms with Gasteiger partial charge in [-0.15, -0.1) is 5.10 Å². The average Bonchev–Trinajstić information content (AvgIpc) is 1.70. The van der Waals surface area contributed by atoms with Gasteiger partial charge < -0.3 is 94.8 Å². The SMILES string of the molecule is CCC[C@@H]1NC(=O)[C@H](CCC(=O)O)NC(=O)CNC(=O)[C@H](CC(C)C)NC(=O)[C@H](Cc2c[nH]cn2)NC(=O)[C@@H]2CCc3cn(nn3)CCC[C@H](NC1=O)C(=O)N[C@@H](Cc1c[nH]c3ccccc13)C(=O)N[C@H](C(=O)N[C@H](C(N)=O)[C@@H](C)O)CSSC[C@H](NC(=O)[C@@H](C)CC(=O)O)C(=O)N[C@@H](C)C(=O)N2. The van der Waals surface area contributed by atoms with E-state index in [0.717, 1.165) is 28.5 Å². The maximum absolute atomic E-state index is 15.2. The van der Waals surface area contributed by atoms with Crippen molar-refractivity contribution in [2.75, 3.05) is 18.1 Å². The molecule has 39 heteroatoms. The molecule has 1 aromatic carbocycles. The van der Waals surface area contributed by atoms with E-state index in [1.165, 1.54) is 37.3 Å². The van der Waals surface area contributed by atoms with Crippen LogP contribution in [-0.2, 0) is 97.7 Å². The number of fused-ring (bicyclic) bond motifs is 6. The fourth-order valence-electron chi connectivity index (χ4n) is 11.0. The number of aryl methyl sites for hydroxylation is 2. The number of nitrogens with two attached hydrogens (primary N) is 1. The number of nitrogens with one attached hydrogen (secondary N) is 14. The van der Waals surface area contributed by atoms with Gasteiger partial charge in [-0.1, -0.05) is 79.1 Å². The predicted octanol–water partition coefficient (Wildman–Crippen LogP) is -3.75. The number of rotatable bonds is 19. The first kappa shape index (κ1) is 81.8. The van der Waals surface area contributed by atoms with Crippen molar-refractivity contribution >= 4 is 121 Å². The second-order valence-corrected chi connectivity index (χ2v) is 28.1. The van der Waals surface area contributed by atoms with Crippen LogP contribution in [0.3, 0.4) is 0 Å². The summed E-state index contributed by atoms with van der Waals surface area (Å²) < 4.78 is 1.38. The highest BCUT2D eigenvalue weighted by Crippen LogP contribution is 2.25. The Balaban J connectivity index is 1.51. The van der Waals surface area contributed by atoms with Gasteiger partial charge in [-0.25, -0.2) is 4.98 Å². The lowest BCUT2D eigenvalue weighted by atomic mass is 10.0. The van der Waals surface area contributed by atoms with Crippen molar-refractivity contribution in [1.29, 1.82) is 0 Å². The molecule has 103 heavy (non-hydrogen) atoms. The smallest absolute Gasteiger partial charge is 0.304 e. The van der Waals surface area contributed by atoms with Crippen molar-refractivity contribution in [1.82, 2.24) is 93.7 Å². The Hall–Kier alpha value is -10.2. The van der Waals surface area contributed by atoms with E-state index in [2.05, 4.69) is 89.1 Å². The zero-order chi connectivity index (χ0) is 75.6. The minimum Gasteiger partial charge on any atom is -0.481 e. The van der Waals surface area contributed by atoms with E-state index < -0.39 is 205 Å². The molecule has 4 bridgehead atoms. The van der Waals surface area contributed by atoms with Crippen LogP contribution in [0.1, 0.15) is 116 Å². The van der Waals surface area contributed by atoms with Crippen LogP contribution in [0.2, 0.25) is 0 Å². The van der Waals surface area contributed by atoms with Crippen LogP contribution in [0, 0.1) is 11.8 Å². The van der Waals surface area contributed by atoms with Crippen LogP contribution < -0.4 is 69.5 Å². The van der Waals surface area contributed by atoms with E-state index in [-0.39, 0.29) is 81.6 Å². The number of H-pyrrole nitrogens is 2. The van der Waals surface area contributed by atoms with Crippen molar-refractivity contribution in [3.05, 3.63) is 66.1 Å². The number of carbonyl (C=O) groups is 15. The van der Waals surface area contributed by atoms with Crippen LogP contribution in [0.25, 0.3) is 10.9 Å². The van der Waals surface area contributed by atoms with E-state index in [1.54, 1.807) is 51.2 Å². The fraction of sp³-hybridized carbons (Fsp3) is 0.562. The molecule has 13 atom stereocenters. The molecule has 0 aliphatic carbocycles. The fourth-order valence-corrected chi connectivity index (χ4v) is 13.3. The summed E-state index contributed by atoms with van der Waals surface area (Å²) in [4.78, 5) is 220. The summed E-state index contributed by atoms with van der Waals surface area (Å²) in [7, 11) is 1.67. The molecule has 0 fully saturated rings. The van der Waals surface area contributed by atoms with Gasteiger partial charge in [0.1, 0.15) is 66.5 Å². The number of carboxylic acid groups (broad SMARTS) is 2. The number of carbonyl (C=O) groups excluding carboxylic acids is 13. The van der Waals surface area contributed by atoms with Crippen LogP contribution in [-0.4, -0.2) is 225 Å². The molecule has 37 nitrogen and oxygen atoms in total. The summed E-state index contributed by atoms with van der Waals surface area (Å²) in [5.41, 5.74) is 7.18. The number of amides is 13. The van der Waals surface area contributed by atoms with Crippen LogP contribution in [0.4, 0.5) is 0 Å². The second kappa shape index (κ2) is 39.9. The third-order valence-corrected chi connectivity index (χ3v) is 19.0. The van der Waals surface area contributed by atoms with Crippen molar-refractivity contribution in [2.24, 2.45) is 17.6 Å². The summed E-state index contributed by atoms with van der Waals surface area (Å²) in [6.07, 6.45) is 1.33. The lowest BCUT2D eigenvalue weighted by molar-refractivity contribution is -0.141. The quantitative estimate of drug-likeness (QED) is 0.0401. The zero-order valence-corrected chi connectivity index (χ0v) is 59.3. The predicted molar refractivity (Wildman–Crippen MR) is 370 cm³/mol. The number of aliphatic hydroxyl groups excluding tert-OH is 1. The number of imidazole rings is 1. The molecule has 2 aliphatic rings. The lowest BCUT2D eigenvalue weighted by Gasteiger charge is -2.28. The number of aliphatic hydroxyl groups is 1. The molecule has 2 aliphatic heterocycles. The Morgan fingerprint density at radius 3 is 1.99 bits per heavy atom. The van der Waals surface area contributed by atoms with Gasteiger partial charge in [-0.3, -0.25) is 76.6 Å². The molecule has 19 N–H and O–H groups in total.